The Morgan fingerprint density at radius 3 is 2.94 bits per heavy atom. The Morgan fingerprint density at radius 1 is 1.17 bits per heavy atom. The van der Waals surface area contributed by atoms with Gasteiger partial charge in [0.1, 0.15) is 6.29 Å². The molecule has 5 aliphatic heterocycles. The van der Waals surface area contributed by atoms with E-state index in [9.17, 15) is 9.90 Å². The zero-order valence-corrected chi connectivity index (χ0v) is 21.5. The molecule has 1 aromatic carbocycles. The fourth-order valence-corrected chi connectivity index (χ4v) is 6.69. The van der Waals surface area contributed by atoms with Gasteiger partial charge in [-0.05, 0) is 75.8 Å². The summed E-state index contributed by atoms with van der Waals surface area (Å²) >= 11 is 0. The molecule has 36 heavy (non-hydrogen) atoms. The second-order valence-corrected chi connectivity index (χ2v) is 11.5. The highest BCUT2D eigenvalue weighted by Crippen LogP contribution is 2.34. The van der Waals surface area contributed by atoms with Crippen LogP contribution < -0.4 is 21.3 Å². The molecular formula is C27H41N7O2. The summed E-state index contributed by atoms with van der Waals surface area (Å²) in [7, 11) is 2.17. The van der Waals surface area contributed by atoms with Crippen molar-refractivity contribution < 1.29 is 9.90 Å². The van der Waals surface area contributed by atoms with E-state index in [2.05, 4.69) is 68.6 Å². The van der Waals surface area contributed by atoms with Crippen molar-refractivity contribution in [1.29, 1.82) is 0 Å². The highest BCUT2D eigenvalue weighted by Gasteiger charge is 2.52. The van der Waals surface area contributed by atoms with Crippen LogP contribution in [-0.4, -0.2) is 82.9 Å². The minimum atomic E-state index is -0.770. The van der Waals surface area contributed by atoms with Gasteiger partial charge < -0.3 is 15.3 Å². The number of nitrogens with zero attached hydrogens (tertiary/aromatic N) is 3. The van der Waals surface area contributed by atoms with Crippen LogP contribution in [0.2, 0.25) is 0 Å². The number of piperidine rings is 1. The zero-order valence-electron chi connectivity index (χ0n) is 21.5. The first-order chi connectivity index (χ1) is 17.4. The van der Waals surface area contributed by atoms with E-state index >= 15 is 0 Å². The van der Waals surface area contributed by atoms with Crippen LogP contribution in [0.1, 0.15) is 50.2 Å². The maximum atomic E-state index is 13.5. The van der Waals surface area contributed by atoms with Crippen LogP contribution in [0.3, 0.4) is 0 Å². The van der Waals surface area contributed by atoms with Crippen LogP contribution in [0.15, 0.2) is 30.4 Å². The van der Waals surface area contributed by atoms with Crippen molar-refractivity contribution >= 4 is 11.6 Å². The molecule has 9 nitrogen and oxygen atoms in total. The average molecular weight is 496 g/mol. The topological polar surface area (TPSA) is 95.1 Å². The number of carbonyl (C=O) groups is 1. The van der Waals surface area contributed by atoms with Crippen LogP contribution >= 0.6 is 0 Å². The lowest BCUT2D eigenvalue weighted by molar-refractivity contribution is -0.146. The van der Waals surface area contributed by atoms with E-state index in [0.29, 0.717) is 13.1 Å². The minimum absolute atomic E-state index is 0.00575. The molecule has 0 aromatic heterocycles. The Balaban J connectivity index is 1.23. The van der Waals surface area contributed by atoms with Crippen molar-refractivity contribution in [3.05, 3.63) is 41.5 Å². The van der Waals surface area contributed by atoms with E-state index in [1.54, 1.807) is 0 Å². The number of rotatable bonds is 2. The van der Waals surface area contributed by atoms with Crippen molar-refractivity contribution in [2.24, 2.45) is 5.92 Å². The molecule has 0 radical (unpaired) electrons. The van der Waals surface area contributed by atoms with Crippen LogP contribution in [0.25, 0.3) is 0 Å². The largest absolute Gasteiger partial charge is 0.389 e. The van der Waals surface area contributed by atoms with E-state index in [1.165, 1.54) is 11.1 Å². The van der Waals surface area contributed by atoms with Crippen LogP contribution in [-0.2, 0) is 17.8 Å². The second-order valence-electron chi connectivity index (χ2n) is 11.5. The lowest BCUT2D eigenvalue weighted by Crippen LogP contribution is -2.69. The summed E-state index contributed by atoms with van der Waals surface area (Å²) in [6.07, 6.45) is 9.51. The molecule has 3 fully saturated rings. The number of benzene rings is 1. The molecule has 5 unspecified atom stereocenters. The van der Waals surface area contributed by atoms with E-state index in [-0.39, 0.29) is 36.5 Å². The van der Waals surface area contributed by atoms with E-state index in [4.69, 9.17) is 0 Å². The summed E-state index contributed by atoms with van der Waals surface area (Å²) in [5, 5.41) is 30.0. The highest BCUT2D eigenvalue weighted by molar-refractivity contribution is 5.82. The summed E-state index contributed by atoms with van der Waals surface area (Å²) in [4.78, 5) is 15.9. The standard InChI is InChI=1S/C27H41N7O2/c1-27(36)12-4-3-5-13-33-25(35)21-16-28-26(31-24(21)34(33)23-8-6-7-22(27)30-23)29-20-10-9-18-11-14-32(2)17-19(18)15-20/h3,5,9-10,15,21-24,26,28-31,36H,4,6-8,11-14,16-17H2,1-2H3/b5-3-/t21?,22?,23?,24?,26?,27-/m1/s1. The lowest BCUT2D eigenvalue weighted by Gasteiger charge is -2.47. The predicted octanol–water partition coefficient (Wildman–Crippen LogP) is 1.13. The van der Waals surface area contributed by atoms with Crippen molar-refractivity contribution in [1.82, 2.24) is 30.9 Å². The number of hydrazine groups is 1. The second kappa shape index (κ2) is 9.70. The fraction of sp³-hybridized carbons (Fsp3) is 0.667. The van der Waals surface area contributed by atoms with Crippen molar-refractivity contribution in [2.75, 3.05) is 32.0 Å². The van der Waals surface area contributed by atoms with Crippen molar-refractivity contribution in [3.63, 3.8) is 0 Å². The third-order valence-corrected chi connectivity index (χ3v) is 8.81. The van der Waals surface area contributed by atoms with E-state index < -0.39 is 5.60 Å². The lowest BCUT2D eigenvalue weighted by atomic mass is 9.85. The maximum absolute atomic E-state index is 13.5. The quantitative estimate of drug-likeness (QED) is 0.390. The Kier molecular flexibility index (Phi) is 6.56. The normalized spacial score (nSPS) is 38.5. The molecule has 1 amide bonds. The number of nitrogens with one attached hydrogen (secondary N) is 4. The van der Waals surface area contributed by atoms with E-state index in [0.717, 1.165) is 57.3 Å². The molecule has 5 N–H and O–H groups in total. The number of amides is 1. The molecule has 1 aromatic rings. The maximum Gasteiger partial charge on any atom is 0.244 e. The number of hydrogen-bond donors (Lipinski definition) is 5. The number of aliphatic hydroxyl groups is 1. The Morgan fingerprint density at radius 2 is 2.06 bits per heavy atom. The minimum Gasteiger partial charge on any atom is -0.389 e. The first kappa shape index (κ1) is 24.3. The molecule has 5 aliphatic rings. The van der Waals surface area contributed by atoms with Gasteiger partial charge in [0, 0.05) is 31.4 Å². The molecule has 6 rings (SSSR count). The first-order valence-electron chi connectivity index (χ1n) is 13.7. The number of allylic oxidation sites excluding steroid dienone is 1. The van der Waals surface area contributed by atoms with Crippen LogP contribution in [0.4, 0.5) is 5.69 Å². The molecule has 0 saturated carbocycles. The molecule has 0 aliphatic carbocycles. The number of fused-ring (bicyclic) bond motifs is 7. The van der Waals surface area contributed by atoms with Gasteiger partial charge in [-0.15, -0.1) is 0 Å². The SMILES string of the molecule is CN1CCc2ccc(NC3NCC4C(=O)N5C/C=C\CC[C@@](C)(O)C6CCCC(N6)N5C4N3)cc2C1. The van der Waals surface area contributed by atoms with Crippen LogP contribution in [0.5, 0.6) is 0 Å². The molecule has 3 saturated heterocycles. The number of carbonyl (C=O) groups excluding carboxylic acids is 1. The predicted molar refractivity (Wildman–Crippen MR) is 139 cm³/mol. The van der Waals surface area contributed by atoms with E-state index in [1.807, 2.05) is 11.9 Å². The van der Waals surface area contributed by atoms with Crippen molar-refractivity contribution in [3.8, 4) is 0 Å². The summed E-state index contributed by atoms with van der Waals surface area (Å²) in [6, 6.07) is 6.69. The summed E-state index contributed by atoms with van der Waals surface area (Å²) in [6.45, 7) is 5.22. The summed E-state index contributed by atoms with van der Waals surface area (Å²) in [5.41, 5.74) is 3.13. The fourth-order valence-electron chi connectivity index (χ4n) is 6.69. The Hall–Kier alpha value is -2.01. The summed E-state index contributed by atoms with van der Waals surface area (Å²) < 4.78 is 0. The Bertz CT molecular complexity index is 1010. The van der Waals surface area contributed by atoms with Gasteiger partial charge in [0.2, 0.25) is 5.91 Å². The smallest absolute Gasteiger partial charge is 0.244 e. The summed E-state index contributed by atoms with van der Waals surface area (Å²) in [5.74, 6) is 0.00843. The third kappa shape index (κ3) is 4.57. The number of hydrogen-bond acceptors (Lipinski definition) is 8. The number of anilines is 1. The monoisotopic (exact) mass is 495 g/mol. The average Bonchev–Trinajstić information content (AvgIpc) is 3.13. The molecule has 6 atom stereocenters. The van der Waals surface area contributed by atoms with Gasteiger partial charge in [-0.25, -0.2) is 0 Å². The van der Waals surface area contributed by atoms with Gasteiger partial charge in [-0.1, -0.05) is 18.2 Å². The molecular weight excluding hydrogens is 454 g/mol. The van der Waals surface area contributed by atoms with Gasteiger partial charge in [-0.2, -0.15) is 5.01 Å². The van der Waals surface area contributed by atoms with Gasteiger partial charge in [0.05, 0.1) is 30.4 Å². The number of likely N-dealkylation sites (N-methyl/N-ethyl adjacent to an activating group) is 1. The molecule has 2 bridgehead atoms. The molecule has 9 heteroatoms. The molecule has 0 spiro atoms. The Labute approximate surface area is 214 Å². The highest BCUT2D eigenvalue weighted by atomic mass is 16.3. The van der Waals surface area contributed by atoms with Gasteiger partial charge in [0.25, 0.3) is 0 Å². The third-order valence-electron chi connectivity index (χ3n) is 8.81. The zero-order chi connectivity index (χ0) is 24.9. The van der Waals surface area contributed by atoms with Gasteiger partial charge in [-0.3, -0.25) is 25.8 Å². The first-order valence-corrected chi connectivity index (χ1v) is 13.7. The van der Waals surface area contributed by atoms with Crippen LogP contribution in [0, 0.1) is 5.92 Å². The van der Waals surface area contributed by atoms with Crippen molar-refractivity contribution in [2.45, 2.75) is 82.3 Å². The molecule has 196 valence electrons. The van der Waals surface area contributed by atoms with Gasteiger partial charge >= 0.3 is 0 Å². The van der Waals surface area contributed by atoms with Gasteiger partial charge in [0.15, 0.2) is 0 Å². The molecule has 5 heterocycles.